The van der Waals surface area contributed by atoms with Crippen molar-refractivity contribution in [2.75, 3.05) is 25.7 Å². The van der Waals surface area contributed by atoms with Crippen LogP contribution in [0.1, 0.15) is 24.9 Å². The largest absolute Gasteiger partial charge is 0.508 e. The summed E-state index contributed by atoms with van der Waals surface area (Å²) in [5.41, 5.74) is -0.501. The van der Waals surface area contributed by atoms with Crippen LogP contribution in [0.5, 0.6) is 5.75 Å². The number of methoxy groups -OCH3 is 1. The fourth-order valence-corrected chi connectivity index (χ4v) is 4.83. The molecule has 0 unspecified atom stereocenters. The number of thioether (sulfide) groups is 1. The van der Waals surface area contributed by atoms with Crippen molar-refractivity contribution in [3.63, 3.8) is 0 Å². The SMILES string of the molecule is CCN1C(=O)[C@H]2[C@@H](c3ccc(O)cc3)N[C@@](CCSC)(C(=O)OC)[C@@H]2C1=O. The Kier molecular flexibility index (Phi) is 5.48. The van der Waals surface area contributed by atoms with Gasteiger partial charge < -0.3 is 9.84 Å². The average molecular weight is 392 g/mol. The Morgan fingerprint density at radius 1 is 1.30 bits per heavy atom. The Labute approximate surface area is 162 Å². The van der Waals surface area contributed by atoms with E-state index >= 15 is 0 Å². The van der Waals surface area contributed by atoms with Crippen LogP contribution in [0.15, 0.2) is 24.3 Å². The monoisotopic (exact) mass is 392 g/mol. The number of carbonyl (C=O) groups is 3. The predicted molar refractivity (Wildman–Crippen MR) is 101 cm³/mol. The van der Waals surface area contributed by atoms with Crippen LogP contribution < -0.4 is 5.32 Å². The highest BCUT2D eigenvalue weighted by Crippen LogP contribution is 2.50. The Morgan fingerprint density at radius 2 is 1.96 bits per heavy atom. The Bertz CT molecular complexity index is 753. The van der Waals surface area contributed by atoms with Crippen molar-refractivity contribution in [3.05, 3.63) is 29.8 Å². The molecule has 0 aromatic heterocycles. The number of imide groups is 1. The topological polar surface area (TPSA) is 95.9 Å². The number of carbonyl (C=O) groups excluding carboxylic acids is 3. The lowest BCUT2D eigenvalue weighted by atomic mass is 9.78. The average Bonchev–Trinajstić information content (AvgIpc) is 3.14. The third kappa shape index (κ3) is 3.00. The number of phenols is 1. The van der Waals surface area contributed by atoms with Crippen LogP contribution in [0, 0.1) is 11.8 Å². The minimum absolute atomic E-state index is 0.110. The quantitative estimate of drug-likeness (QED) is 0.557. The van der Waals surface area contributed by atoms with Crippen LogP contribution >= 0.6 is 11.8 Å². The molecule has 0 aliphatic carbocycles. The van der Waals surface area contributed by atoms with Gasteiger partial charge in [0.1, 0.15) is 11.3 Å². The van der Waals surface area contributed by atoms with E-state index in [0.717, 1.165) is 5.56 Å². The third-order valence-corrected chi connectivity index (χ3v) is 6.18. The summed E-state index contributed by atoms with van der Waals surface area (Å²) in [5, 5.41) is 12.9. The van der Waals surface area contributed by atoms with Crippen LogP contribution in [-0.2, 0) is 19.1 Å². The van der Waals surface area contributed by atoms with E-state index in [9.17, 15) is 19.5 Å². The Balaban J connectivity index is 2.12. The zero-order valence-corrected chi connectivity index (χ0v) is 16.4. The second kappa shape index (κ2) is 7.52. The lowest BCUT2D eigenvalue weighted by Crippen LogP contribution is -2.56. The Hall–Kier alpha value is -2.06. The molecule has 146 valence electrons. The van der Waals surface area contributed by atoms with Gasteiger partial charge in [-0.2, -0.15) is 11.8 Å². The number of rotatable bonds is 6. The molecule has 2 saturated heterocycles. The molecule has 3 rings (SSSR count). The van der Waals surface area contributed by atoms with Crippen LogP contribution in [0.25, 0.3) is 0 Å². The number of hydrogen-bond acceptors (Lipinski definition) is 7. The summed E-state index contributed by atoms with van der Waals surface area (Å²) in [7, 11) is 1.30. The molecular formula is C19H24N2O5S. The summed E-state index contributed by atoms with van der Waals surface area (Å²) in [6.07, 6.45) is 2.31. The summed E-state index contributed by atoms with van der Waals surface area (Å²) < 4.78 is 5.07. The number of ether oxygens (including phenoxy) is 1. The van der Waals surface area contributed by atoms with E-state index in [-0.39, 0.29) is 24.1 Å². The van der Waals surface area contributed by atoms with E-state index in [1.54, 1.807) is 30.8 Å². The maximum absolute atomic E-state index is 13.1. The van der Waals surface area contributed by atoms with E-state index < -0.39 is 29.4 Å². The Morgan fingerprint density at radius 3 is 2.52 bits per heavy atom. The lowest BCUT2D eigenvalue weighted by Gasteiger charge is -2.32. The number of hydrogen-bond donors (Lipinski definition) is 2. The van der Waals surface area contributed by atoms with E-state index in [0.29, 0.717) is 12.2 Å². The van der Waals surface area contributed by atoms with E-state index in [1.807, 2.05) is 6.26 Å². The van der Waals surface area contributed by atoms with Crippen molar-refractivity contribution >= 4 is 29.5 Å². The first kappa shape index (κ1) is 19.7. The van der Waals surface area contributed by atoms with Gasteiger partial charge >= 0.3 is 5.97 Å². The molecule has 0 radical (unpaired) electrons. The van der Waals surface area contributed by atoms with Crippen molar-refractivity contribution in [1.29, 1.82) is 0 Å². The van der Waals surface area contributed by atoms with Gasteiger partial charge in [0.15, 0.2) is 0 Å². The standard InChI is InChI=1S/C19H24N2O5S/c1-4-21-16(23)13-14(17(21)24)19(9-10-27-3,18(25)26-2)20-15(13)11-5-7-12(22)8-6-11/h5-8,13-15,20,22H,4,9-10H2,1-3H3/t13-,14+,15-,19-/m1/s1. The van der Waals surface area contributed by atoms with Gasteiger partial charge in [-0.3, -0.25) is 24.6 Å². The molecule has 2 heterocycles. The minimum Gasteiger partial charge on any atom is -0.508 e. The van der Waals surface area contributed by atoms with Gasteiger partial charge in [0, 0.05) is 12.6 Å². The maximum atomic E-state index is 13.1. The highest BCUT2D eigenvalue weighted by Gasteiger charge is 2.68. The van der Waals surface area contributed by atoms with Gasteiger partial charge in [0.25, 0.3) is 0 Å². The van der Waals surface area contributed by atoms with Gasteiger partial charge in [-0.05, 0) is 43.0 Å². The number of fused-ring (bicyclic) bond motifs is 1. The minimum atomic E-state index is -1.25. The van der Waals surface area contributed by atoms with Gasteiger partial charge in [-0.15, -0.1) is 0 Å². The summed E-state index contributed by atoms with van der Waals surface area (Å²) in [6.45, 7) is 2.02. The number of benzene rings is 1. The number of aromatic hydroxyl groups is 1. The molecule has 0 spiro atoms. The highest BCUT2D eigenvalue weighted by molar-refractivity contribution is 7.98. The number of nitrogens with zero attached hydrogens (tertiary/aromatic N) is 1. The second-order valence-corrected chi connectivity index (χ2v) is 7.83. The van der Waals surface area contributed by atoms with Crippen molar-refractivity contribution in [2.24, 2.45) is 11.8 Å². The first-order chi connectivity index (χ1) is 12.9. The van der Waals surface area contributed by atoms with Crippen molar-refractivity contribution in [3.8, 4) is 5.75 Å². The van der Waals surface area contributed by atoms with Crippen LogP contribution in [0.3, 0.4) is 0 Å². The molecule has 1 aromatic carbocycles. The van der Waals surface area contributed by atoms with Crippen LogP contribution in [0.2, 0.25) is 0 Å². The third-order valence-electron chi connectivity index (χ3n) is 5.56. The molecule has 2 fully saturated rings. The number of esters is 1. The molecule has 4 atom stereocenters. The molecule has 2 aliphatic rings. The smallest absolute Gasteiger partial charge is 0.326 e. The van der Waals surface area contributed by atoms with Gasteiger partial charge in [0.2, 0.25) is 11.8 Å². The number of amides is 2. The fourth-order valence-electron chi connectivity index (χ4n) is 4.31. The van der Waals surface area contributed by atoms with Crippen molar-refractivity contribution in [1.82, 2.24) is 10.2 Å². The lowest BCUT2D eigenvalue weighted by molar-refractivity contribution is -0.154. The molecule has 1 aromatic rings. The highest BCUT2D eigenvalue weighted by atomic mass is 32.2. The summed E-state index contributed by atoms with van der Waals surface area (Å²) >= 11 is 1.57. The maximum Gasteiger partial charge on any atom is 0.326 e. The molecule has 0 saturated carbocycles. The van der Waals surface area contributed by atoms with Crippen LogP contribution in [0.4, 0.5) is 0 Å². The molecule has 2 amide bonds. The van der Waals surface area contributed by atoms with E-state index in [4.69, 9.17) is 4.74 Å². The van der Waals surface area contributed by atoms with Crippen molar-refractivity contribution < 1.29 is 24.2 Å². The number of phenolic OH excluding ortho intramolecular Hbond substituents is 1. The molecule has 27 heavy (non-hydrogen) atoms. The predicted octanol–water partition coefficient (Wildman–Crippen LogP) is 1.32. The van der Waals surface area contributed by atoms with E-state index in [2.05, 4.69) is 5.32 Å². The normalized spacial score (nSPS) is 29.9. The van der Waals surface area contributed by atoms with Crippen LogP contribution in [-0.4, -0.2) is 59.0 Å². The molecule has 2 aliphatic heterocycles. The molecule has 0 bridgehead atoms. The first-order valence-electron chi connectivity index (χ1n) is 8.90. The summed E-state index contributed by atoms with van der Waals surface area (Å²) in [5.74, 6) is -1.85. The summed E-state index contributed by atoms with van der Waals surface area (Å²) in [4.78, 5) is 40.2. The molecule has 7 nitrogen and oxygen atoms in total. The number of nitrogens with one attached hydrogen (secondary N) is 1. The molecule has 8 heteroatoms. The summed E-state index contributed by atoms with van der Waals surface area (Å²) in [6, 6.07) is 5.97. The molecule has 2 N–H and O–H groups in total. The zero-order valence-electron chi connectivity index (χ0n) is 15.6. The van der Waals surface area contributed by atoms with E-state index in [1.165, 1.54) is 24.1 Å². The first-order valence-corrected chi connectivity index (χ1v) is 10.3. The van der Waals surface area contributed by atoms with Crippen molar-refractivity contribution in [2.45, 2.75) is 24.9 Å². The second-order valence-electron chi connectivity index (χ2n) is 6.84. The van der Waals surface area contributed by atoms with Gasteiger partial charge in [-0.1, -0.05) is 12.1 Å². The van der Waals surface area contributed by atoms with Gasteiger partial charge in [-0.25, -0.2) is 0 Å². The zero-order chi connectivity index (χ0) is 19.8. The van der Waals surface area contributed by atoms with Gasteiger partial charge in [0.05, 0.1) is 18.9 Å². The fraction of sp³-hybridized carbons (Fsp3) is 0.526. The number of likely N-dealkylation sites (tertiary alicyclic amines) is 1. The molecular weight excluding hydrogens is 368 g/mol.